The number of nitrogens with two attached hydrogens (primary N) is 1. The Hall–Kier alpha value is -0.740. The second-order valence-electron chi connectivity index (χ2n) is 2.48. The Balaban J connectivity index is 0. The van der Waals surface area contributed by atoms with Crippen LogP contribution >= 0.6 is 12.4 Å². The lowest BCUT2D eigenvalue weighted by Crippen LogP contribution is -2.58. The summed E-state index contributed by atoms with van der Waals surface area (Å²) in [5.41, 5.74) is 3.36. The third-order valence-corrected chi connectivity index (χ3v) is 1.67. The molecule has 0 aromatic heterocycles. The number of halogens is 1. The van der Waals surface area contributed by atoms with Gasteiger partial charge < -0.3 is 5.73 Å². The number of rotatable bonds is 3. The molecule has 0 aromatic carbocycles. The van der Waals surface area contributed by atoms with E-state index in [-0.39, 0.29) is 12.4 Å². The van der Waals surface area contributed by atoms with Gasteiger partial charge in [0.05, 0.1) is 0 Å². The van der Waals surface area contributed by atoms with Crippen LogP contribution in [0, 0.1) is 0 Å². The zero-order valence-electron chi connectivity index (χ0n) is 7.21. The zero-order chi connectivity index (χ0) is 9.23. The van der Waals surface area contributed by atoms with E-state index in [0.717, 1.165) is 20.8 Å². The highest BCUT2D eigenvalue weighted by molar-refractivity contribution is 6.27. The SMILES string of the molecule is CC(=O)C(N)(C(C)=O)C(C)=O.Cl. The van der Waals surface area contributed by atoms with E-state index in [1.54, 1.807) is 0 Å². The van der Waals surface area contributed by atoms with E-state index in [2.05, 4.69) is 0 Å². The van der Waals surface area contributed by atoms with Crippen LogP contribution in [0.3, 0.4) is 0 Å². The predicted molar refractivity (Wildman–Crippen MR) is 46.2 cm³/mol. The molecule has 70 valence electrons. The summed E-state index contributed by atoms with van der Waals surface area (Å²) in [5.74, 6) is -1.84. The van der Waals surface area contributed by atoms with Crippen LogP contribution in [-0.4, -0.2) is 22.9 Å². The molecule has 12 heavy (non-hydrogen) atoms. The first-order valence-electron chi connectivity index (χ1n) is 3.15. The van der Waals surface area contributed by atoms with Crippen LogP contribution in [-0.2, 0) is 14.4 Å². The molecule has 0 aromatic rings. The molecule has 0 amide bonds. The normalized spacial score (nSPS) is 10.0. The monoisotopic (exact) mass is 193 g/mol. The molecule has 0 aliphatic carbocycles. The van der Waals surface area contributed by atoms with Crippen molar-refractivity contribution < 1.29 is 14.4 Å². The molecule has 0 fully saturated rings. The minimum absolute atomic E-state index is 0. The standard InChI is InChI=1S/C7H11NO3.ClH/c1-4(9)7(8,5(2)10)6(3)11;/h8H2,1-3H3;1H. The van der Waals surface area contributed by atoms with E-state index in [1.165, 1.54) is 0 Å². The average molecular weight is 194 g/mol. The molecule has 2 N–H and O–H groups in total. The van der Waals surface area contributed by atoms with E-state index in [9.17, 15) is 14.4 Å². The molecule has 0 radical (unpaired) electrons. The minimum Gasteiger partial charge on any atom is -0.307 e. The molecule has 0 unspecified atom stereocenters. The Labute approximate surface area is 76.9 Å². The van der Waals surface area contributed by atoms with Gasteiger partial charge in [-0.05, 0) is 20.8 Å². The fourth-order valence-corrected chi connectivity index (χ4v) is 0.744. The average Bonchev–Trinajstić information content (AvgIpc) is 1.84. The fraction of sp³-hybridized carbons (Fsp3) is 0.571. The van der Waals surface area contributed by atoms with Crippen LogP contribution < -0.4 is 5.73 Å². The van der Waals surface area contributed by atoms with Crippen LogP contribution in [0.25, 0.3) is 0 Å². The van der Waals surface area contributed by atoms with E-state index in [0.29, 0.717) is 0 Å². The largest absolute Gasteiger partial charge is 0.307 e. The predicted octanol–water partition coefficient (Wildman–Crippen LogP) is -0.127. The first-order chi connectivity index (χ1) is 4.83. The number of hydrogen-bond donors (Lipinski definition) is 1. The quantitative estimate of drug-likeness (QED) is 0.634. The van der Waals surface area contributed by atoms with Gasteiger partial charge >= 0.3 is 0 Å². The van der Waals surface area contributed by atoms with Crippen LogP contribution in [0.4, 0.5) is 0 Å². The molecule has 0 aliphatic rings. The van der Waals surface area contributed by atoms with Gasteiger partial charge in [-0.3, -0.25) is 14.4 Å². The molecule has 0 rings (SSSR count). The van der Waals surface area contributed by atoms with Gasteiger partial charge in [0.25, 0.3) is 0 Å². The molecule has 0 spiro atoms. The molecule has 0 aliphatic heterocycles. The smallest absolute Gasteiger partial charge is 0.192 e. The van der Waals surface area contributed by atoms with Crippen molar-refractivity contribution in [2.75, 3.05) is 0 Å². The Morgan fingerprint density at radius 1 is 0.917 bits per heavy atom. The Morgan fingerprint density at radius 3 is 1.08 bits per heavy atom. The number of carbonyl (C=O) groups excluding carboxylic acids is 3. The zero-order valence-corrected chi connectivity index (χ0v) is 8.03. The minimum atomic E-state index is -1.92. The lowest BCUT2D eigenvalue weighted by Gasteiger charge is -2.18. The van der Waals surface area contributed by atoms with Crippen LogP contribution in [0.5, 0.6) is 0 Å². The summed E-state index contributed by atoms with van der Waals surface area (Å²) in [6, 6.07) is 0. The van der Waals surface area contributed by atoms with Crippen LogP contribution in [0.2, 0.25) is 0 Å². The van der Waals surface area contributed by atoms with E-state index in [4.69, 9.17) is 5.73 Å². The van der Waals surface area contributed by atoms with Gasteiger partial charge in [-0.25, -0.2) is 0 Å². The third-order valence-electron chi connectivity index (χ3n) is 1.67. The van der Waals surface area contributed by atoms with Gasteiger partial charge in [-0.2, -0.15) is 0 Å². The lowest BCUT2D eigenvalue weighted by atomic mass is 9.88. The maximum atomic E-state index is 10.8. The Bertz CT molecular complexity index is 189. The number of ketones is 3. The van der Waals surface area contributed by atoms with Gasteiger partial charge in [-0.1, -0.05) is 0 Å². The second kappa shape index (κ2) is 4.33. The first-order valence-corrected chi connectivity index (χ1v) is 3.15. The van der Waals surface area contributed by atoms with E-state index in [1.807, 2.05) is 0 Å². The van der Waals surface area contributed by atoms with E-state index < -0.39 is 22.9 Å². The van der Waals surface area contributed by atoms with Crippen molar-refractivity contribution in [3.8, 4) is 0 Å². The summed E-state index contributed by atoms with van der Waals surface area (Å²) in [7, 11) is 0. The molecule has 0 saturated carbocycles. The number of carbonyl (C=O) groups is 3. The highest BCUT2D eigenvalue weighted by atomic mass is 35.5. The topological polar surface area (TPSA) is 77.2 Å². The van der Waals surface area contributed by atoms with Crippen molar-refractivity contribution in [3.05, 3.63) is 0 Å². The van der Waals surface area contributed by atoms with E-state index >= 15 is 0 Å². The van der Waals surface area contributed by atoms with Crippen molar-refractivity contribution in [2.45, 2.75) is 26.3 Å². The summed E-state index contributed by atoms with van der Waals surface area (Å²) < 4.78 is 0. The second-order valence-corrected chi connectivity index (χ2v) is 2.48. The maximum Gasteiger partial charge on any atom is 0.192 e. The van der Waals surface area contributed by atoms with Gasteiger partial charge in [0, 0.05) is 0 Å². The molecule has 0 atom stereocenters. The highest BCUT2D eigenvalue weighted by Gasteiger charge is 2.40. The molecule has 0 saturated heterocycles. The van der Waals surface area contributed by atoms with Crippen molar-refractivity contribution >= 4 is 29.8 Å². The van der Waals surface area contributed by atoms with Gasteiger partial charge in [0.2, 0.25) is 0 Å². The summed E-state index contributed by atoms with van der Waals surface area (Å²) in [6.07, 6.45) is 0. The Morgan fingerprint density at radius 2 is 1.08 bits per heavy atom. The first kappa shape index (κ1) is 13.8. The fourth-order valence-electron chi connectivity index (χ4n) is 0.744. The molecule has 4 nitrogen and oxygen atoms in total. The molecule has 0 heterocycles. The summed E-state index contributed by atoms with van der Waals surface area (Å²) in [5, 5.41) is 0. The maximum absolute atomic E-state index is 10.8. The number of hydrogen-bond acceptors (Lipinski definition) is 4. The molecule has 5 heteroatoms. The van der Waals surface area contributed by atoms with Gasteiger partial charge in [0.15, 0.2) is 22.9 Å². The van der Waals surface area contributed by atoms with Crippen molar-refractivity contribution in [1.29, 1.82) is 0 Å². The molecular weight excluding hydrogens is 182 g/mol. The number of Topliss-reactive ketones (excluding diaryl/α,β-unsaturated/α-hetero) is 3. The van der Waals surface area contributed by atoms with Crippen molar-refractivity contribution in [2.24, 2.45) is 5.73 Å². The lowest BCUT2D eigenvalue weighted by molar-refractivity contribution is -0.139. The Kier molecular flexibility index (Phi) is 4.98. The van der Waals surface area contributed by atoms with Crippen molar-refractivity contribution in [1.82, 2.24) is 0 Å². The molecule has 0 bridgehead atoms. The summed E-state index contributed by atoms with van der Waals surface area (Å²) in [6.45, 7) is 3.38. The van der Waals surface area contributed by atoms with Crippen LogP contribution in [0.1, 0.15) is 20.8 Å². The molecular formula is C7H12ClNO3. The highest BCUT2D eigenvalue weighted by Crippen LogP contribution is 2.05. The summed E-state index contributed by atoms with van der Waals surface area (Å²) in [4.78, 5) is 32.3. The third kappa shape index (κ3) is 2.12. The van der Waals surface area contributed by atoms with Crippen LogP contribution in [0.15, 0.2) is 0 Å². The summed E-state index contributed by atoms with van der Waals surface area (Å²) >= 11 is 0. The van der Waals surface area contributed by atoms with Gasteiger partial charge in [0.1, 0.15) is 0 Å². The van der Waals surface area contributed by atoms with Crippen molar-refractivity contribution in [3.63, 3.8) is 0 Å². The van der Waals surface area contributed by atoms with Gasteiger partial charge in [-0.15, -0.1) is 12.4 Å².